The first-order chi connectivity index (χ1) is 7.31. The van der Waals surface area contributed by atoms with Crippen LogP contribution >= 0.6 is 0 Å². The lowest BCUT2D eigenvalue weighted by Crippen LogP contribution is -2.06. The second-order valence-electron chi connectivity index (χ2n) is 2.82. The Bertz CT molecular complexity index is 446. The van der Waals surface area contributed by atoms with E-state index in [-0.39, 0.29) is 5.69 Å². The number of rotatable bonds is 3. The lowest BCUT2D eigenvalue weighted by molar-refractivity contribution is 0.0519. The number of hydrogen-bond donors (Lipinski definition) is 1. The van der Waals surface area contributed by atoms with Crippen molar-refractivity contribution in [2.75, 3.05) is 6.61 Å². The molecule has 0 amide bonds. The molecule has 0 unspecified atom stereocenters. The second kappa shape index (κ2) is 3.95. The molecule has 0 atom stereocenters. The number of carbonyl (C=O) groups is 1. The van der Waals surface area contributed by atoms with Crippen LogP contribution in [0.3, 0.4) is 0 Å². The van der Waals surface area contributed by atoms with E-state index in [9.17, 15) is 4.79 Å². The van der Waals surface area contributed by atoms with Gasteiger partial charge in [0.1, 0.15) is 5.69 Å². The number of carbonyl (C=O) groups excluding carboxylic acids is 1. The maximum Gasteiger partial charge on any atom is 0.358 e. The van der Waals surface area contributed by atoms with E-state index in [1.54, 1.807) is 36.3 Å². The van der Waals surface area contributed by atoms with Gasteiger partial charge in [-0.2, -0.15) is 10.2 Å². The van der Waals surface area contributed by atoms with Crippen molar-refractivity contribution in [3.63, 3.8) is 0 Å². The summed E-state index contributed by atoms with van der Waals surface area (Å²) in [6, 6.07) is 1.60. The standard InChI is InChI=1S/C9H10N4O2/c1-2-15-9(14)8-3-4-13(12-8)7-5-10-11-6-7/h3-6H,2H2,1H3,(H,10,11). The molecular formula is C9H10N4O2. The molecule has 0 saturated carbocycles. The summed E-state index contributed by atoms with van der Waals surface area (Å²) in [5.74, 6) is -0.417. The molecule has 0 aliphatic rings. The van der Waals surface area contributed by atoms with Crippen molar-refractivity contribution in [3.8, 4) is 5.69 Å². The normalized spacial score (nSPS) is 10.2. The minimum atomic E-state index is -0.417. The average molecular weight is 206 g/mol. The van der Waals surface area contributed by atoms with Gasteiger partial charge in [-0.25, -0.2) is 9.48 Å². The van der Waals surface area contributed by atoms with E-state index in [4.69, 9.17) is 4.74 Å². The average Bonchev–Trinajstić information content (AvgIpc) is 2.89. The molecule has 0 saturated heterocycles. The summed E-state index contributed by atoms with van der Waals surface area (Å²) < 4.78 is 6.37. The van der Waals surface area contributed by atoms with Gasteiger partial charge in [-0.3, -0.25) is 5.10 Å². The fourth-order valence-electron chi connectivity index (χ4n) is 1.15. The first-order valence-electron chi connectivity index (χ1n) is 4.53. The summed E-state index contributed by atoms with van der Waals surface area (Å²) in [6.07, 6.45) is 4.97. The number of aromatic amines is 1. The minimum Gasteiger partial charge on any atom is -0.461 e. The number of esters is 1. The van der Waals surface area contributed by atoms with Crippen molar-refractivity contribution in [1.29, 1.82) is 0 Å². The van der Waals surface area contributed by atoms with Crippen molar-refractivity contribution in [2.45, 2.75) is 6.92 Å². The fraction of sp³-hybridized carbons (Fsp3) is 0.222. The number of aromatic nitrogens is 4. The lowest BCUT2D eigenvalue weighted by Gasteiger charge is -1.97. The zero-order valence-corrected chi connectivity index (χ0v) is 8.17. The highest BCUT2D eigenvalue weighted by Gasteiger charge is 2.10. The van der Waals surface area contributed by atoms with Crippen LogP contribution in [0.15, 0.2) is 24.7 Å². The van der Waals surface area contributed by atoms with Gasteiger partial charge in [-0.1, -0.05) is 0 Å². The Kier molecular flexibility index (Phi) is 2.49. The van der Waals surface area contributed by atoms with E-state index in [1.807, 2.05) is 0 Å². The molecule has 6 heteroatoms. The summed E-state index contributed by atoms with van der Waals surface area (Å²) in [5, 5.41) is 10.5. The van der Waals surface area contributed by atoms with E-state index < -0.39 is 5.97 Å². The van der Waals surface area contributed by atoms with Crippen LogP contribution in [0.25, 0.3) is 5.69 Å². The quantitative estimate of drug-likeness (QED) is 0.753. The van der Waals surface area contributed by atoms with Gasteiger partial charge in [0, 0.05) is 12.4 Å². The summed E-state index contributed by atoms with van der Waals surface area (Å²) in [5.41, 5.74) is 1.06. The number of nitrogens with one attached hydrogen (secondary N) is 1. The van der Waals surface area contributed by atoms with E-state index in [0.29, 0.717) is 6.61 Å². The topological polar surface area (TPSA) is 72.8 Å². The van der Waals surface area contributed by atoms with Gasteiger partial charge < -0.3 is 4.74 Å². The Labute approximate surface area is 85.9 Å². The summed E-state index contributed by atoms with van der Waals surface area (Å²) in [7, 11) is 0. The van der Waals surface area contributed by atoms with E-state index in [0.717, 1.165) is 5.69 Å². The molecular weight excluding hydrogens is 196 g/mol. The van der Waals surface area contributed by atoms with Crippen LogP contribution in [0, 0.1) is 0 Å². The molecule has 6 nitrogen and oxygen atoms in total. The fourth-order valence-corrected chi connectivity index (χ4v) is 1.15. The molecule has 15 heavy (non-hydrogen) atoms. The first kappa shape index (κ1) is 9.45. The predicted molar refractivity (Wildman–Crippen MR) is 51.7 cm³/mol. The SMILES string of the molecule is CCOC(=O)c1ccn(-c2cn[nH]c2)n1. The summed E-state index contributed by atoms with van der Waals surface area (Å²) >= 11 is 0. The highest BCUT2D eigenvalue weighted by molar-refractivity contribution is 5.87. The van der Waals surface area contributed by atoms with Crippen LogP contribution in [0.4, 0.5) is 0 Å². The van der Waals surface area contributed by atoms with Gasteiger partial charge in [0.2, 0.25) is 0 Å². The van der Waals surface area contributed by atoms with Crippen LogP contribution in [0.2, 0.25) is 0 Å². The maximum atomic E-state index is 11.3. The molecule has 2 heterocycles. The number of H-pyrrole nitrogens is 1. The molecule has 0 aliphatic heterocycles. The van der Waals surface area contributed by atoms with E-state index in [1.165, 1.54) is 0 Å². The van der Waals surface area contributed by atoms with Crippen molar-refractivity contribution >= 4 is 5.97 Å². The van der Waals surface area contributed by atoms with Crippen LogP contribution in [-0.4, -0.2) is 32.6 Å². The largest absolute Gasteiger partial charge is 0.461 e. The van der Waals surface area contributed by atoms with Crippen LogP contribution in [0.5, 0.6) is 0 Å². The molecule has 0 bridgehead atoms. The van der Waals surface area contributed by atoms with Gasteiger partial charge in [0.25, 0.3) is 0 Å². The minimum absolute atomic E-state index is 0.290. The highest BCUT2D eigenvalue weighted by atomic mass is 16.5. The van der Waals surface area contributed by atoms with E-state index >= 15 is 0 Å². The molecule has 2 aromatic rings. The van der Waals surface area contributed by atoms with Crippen LogP contribution in [-0.2, 0) is 4.74 Å². The lowest BCUT2D eigenvalue weighted by atomic mass is 10.4. The van der Waals surface area contributed by atoms with Gasteiger partial charge in [0.05, 0.1) is 12.8 Å². The Hall–Kier alpha value is -2.11. The third-order valence-electron chi connectivity index (χ3n) is 1.82. The summed E-state index contributed by atoms with van der Waals surface area (Å²) in [6.45, 7) is 2.10. The van der Waals surface area contributed by atoms with E-state index in [2.05, 4.69) is 15.3 Å². The zero-order chi connectivity index (χ0) is 10.7. The van der Waals surface area contributed by atoms with Gasteiger partial charge in [-0.15, -0.1) is 0 Å². The molecule has 78 valence electrons. The van der Waals surface area contributed by atoms with Gasteiger partial charge in [0.15, 0.2) is 5.69 Å². The molecule has 0 spiro atoms. The van der Waals surface area contributed by atoms with Crippen molar-refractivity contribution < 1.29 is 9.53 Å². The molecule has 0 radical (unpaired) electrons. The highest BCUT2D eigenvalue weighted by Crippen LogP contribution is 2.05. The number of hydrogen-bond acceptors (Lipinski definition) is 4. The Morgan fingerprint density at radius 3 is 3.20 bits per heavy atom. The number of ether oxygens (including phenoxy) is 1. The monoisotopic (exact) mass is 206 g/mol. The molecule has 0 aliphatic carbocycles. The molecule has 1 N–H and O–H groups in total. The van der Waals surface area contributed by atoms with Crippen LogP contribution in [0.1, 0.15) is 17.4 Å². The first-order valence-corrected chi connectivity index (χ1v) is 4.53. The Balaban J connectivity index is 2.21. The van der Waals surface area contributed by atoms with Crippen LogP contribution < -0.4 is 0 Å². The number of nitrogens with zero attached hydrogens (tertiary/aromatic N) is 3. The zero-order valence-electron chi connectivity index (χ0n) is 8.17. The third kappa shape index (κ3) is 1.88. The predicted octanol–water partition coefficient (Wildman–Crippen LogP) is 0.772. The molecule has 0 fully saturated rings. The van der Waals surface area contributed by atoms with Gasteiger partial charge in [-0.05, 0) is 13.0 Å². The Morgan fingerprint density at radius 1 is 1.67 bits per heavy atom. The molecule has 2 aromatic heterocycles. The third-order valence-corrected chi connectivity index (χ3v) is 1.82. The van der Waals surface area contributed by atoms with Crippen molar-refractivity contribution in [3.05, 3.63) is 30.4 Å². The summed E-state index contributed by atoms with van der Waals surface area (Å²) in [4.78, 5) is 11.3. The van der Waals surface area contributed by atoms with Crippen molar-refractivity contribution in [1.82, 2.24) is 20.0 Å². The maximum absolute atomic E-state index is 11.3. The second-order valence-corrected chi connectivity index (χ2v) is 2.82. The smallest absolute Gasteiger partial charge is 0.358 e. The Morgan fingerprint density at radius 2 is 2.53 bits per heavy atom. The molecule has 2 rings (SSSR count). The van der Waals surface area contributed by atoms with Gasteiger partial charge >= 0.3 is 5.97 Å². The molecule has 0 aromatic carbocycles. The van der Waals surface area contributed by atoms with Crippen molar-refractivity contribution in [2.24, 2.45) is 0 Å².